The van der Waals surface area contributed by atoms with E-state index in [9.17, 15) is 13.2 Å². The smallest absolute Gasteiger partial charge is 0.364 e. The average molecular weight is 253 g/mol. The molecule has 1 rings (SSSR count). The van der Waals surface area contributed by atoms with Crippen molar-refractivity contribution in [3.05, 3.63) is 0 Å². The molecule has 5 heteroatoms. The van der Waals surface area contributed by atoms with E-state index in [1.165, 1.54) is 6.92 Å². The second-order valence-electron chi connectivity index (χ2n) is 5.82. The fourth-order valence-corrected chi connectivity index (χ4v) is 2.22. The Bertz CT molecular complexity index is 241. The quantitative estimate of drug-likeness (QED) is 0.838. The first-order valence-corrected chi connectivity index (χ1v) is 6.09. The van der Waals surface area contributed by atoms with Crippen LogP contribution in [0.5, 0.6) is 0 Å². The standard InChI is InChI=1S/C12H22F3NO/c1-8(16)10(12(13,14)15)17-9-4-6-11(2,3)7-5-9/h8-10H,4-7,16H2,1-3H3. The van der Waals surface area contributed by atoms with Gasteiger partial charge in [0.1, 0.15) is 0 Å². The molecule has 0 amide bonds. The number of rotatable bonds is 3. The summed E-state index contributed by atoms with van der Waals surface area (Å²) in [6.07, 6.45) is -3.34. The topological polar surface area (TPSA) is 35.2 Å². The third kappa shape index (κ3) is 4.47. The van der Waals surface area contributed by atoms with Crippen LogP contribution >= 0.6 is 0 Å². The van der Waals surface area contributed by atoms with Gasteiger partial charge in [0.2, 0.25) is 0 Å². The Morgan fingerprint density at radius 1 is 1.24 bits per heavy atom. The SMILES string of the molecule is CC(N)C(OC1CCC(C)(C)CC1)C(F)(F)F. The van der Waals surface area contributed by atoms with Gasteiger partial charge in [-0.3, -0.25) is 0 Å². The zero-order valence-electron chi connectivity index (χ0n) is 10.7. The molecule has 0 radical (unpaired) electrons. The van der Waals surface area contributed by atoms with Crippen LogP contribution in [0, 0.1) is 5.41 Å². The highest BCUT2D eigenvalue weighted by atomic mass is 19.4. The van der Waals surface area contributed by atoms with Crippen LogP contribution in [-0.4, -0.2) is 24.4 Å². The molecule has 0 bridgehead atoms. The minimum atomic E-state index is -4.37. The van der Waals surface area contributed by atoms with Gasteiger partial charge in [-0.2, -0.15) is 13.2 Å². The lowest BCUT2D eigenvalue weighted by molar-refractivity contribution is -0.241. The van der Waals surface area contributed by atoms with E-state index in [4.69, 9.17) is 10.5 Å². The first kappa shape index (κ1) is 14.8. The summed E-state index contributed by atoms with van der Waals surface area (Å²) in [5.41, 5.74) is 5.57. The molecule has 1 saturated carbocycles. The molecule has 1 aliphatic rings. The second kappa shape index (κ2) is 5.14. The molecule has 0 saturated heterocycles. The van der Waals surface area contributed by atoms with Crippen LogP contribution < -0.4 is 5.73 Å². The van der Waals surface area contributed by atoms with E-state index in [1.54, 1.807) is 0 Å². The molecule has 17 heavy (non-hydrogen) atoms. The van der Waals surface area contributed by atoms with Crippen molar-refractivity contribution in [3.63, 3.8) is 0 Å². The van der Waals surface area contributed by atoms with Crippen LogP contribution in [0.2, 0.25) is 0 Å². The highest BCUT2D eigenvalue weighted by molar-refractivity contribution is 4.83. The molecule has 0 heterocycles. The molecule has 2 nitrogen and oxygen atoms in total. The molecule has 2 atom stereocenters. The Morgan fingerprint density at radius 3 is 2.06 bits per heavy atom. The molecule has 0 aliphatic heterocycles. The highest BCUT2D eigenvalue weighted by Gasteiger charge is 2.45. The molecule has 2 unspecified atom stereocenters. The predicted molar refractivity (Wildman–Crippen MR) is 60.6 cm³/mol. The number of halogens is 3. The summed E-state index contributed by atoms with van der Waals surface area (Å²) in [6.45, 7) is 5.61. The lowest BCUT2D eigenvalue weighted by atomic mass is 9.76. The van der Waals surface area contributed by atoms with E-state index in [1.807, 2.05) is 0 Å². The van der Waals surface area contributed by atoms with Gasteiger partial charge in [0, 0.05) is 6.04 Å². The molecule has 0 aromatic rings. The van der Waals surface area contributed by atoms with Crippen molar-refractivity contribution in [2.45, 2.75) is 70.9 Å². The monoisotopic (exact) mass is 253 g/mol. The van der Waals surface area contributed by atoms with Crippen molar-refractivity contribution in [2.75, 3.05) is 0 Å². The normalized spacial score (nSPS) is 25.6. The first-order valence-electron chi connectivity index (χ1n) is 6.09. The molecule has 0 aromatic carbocycles. The van der Waals surface area contributed by atoms with E-state index in [0.717, 1.165) is 12.8 Å². The van der Waals surface area contributed by atoms with Gasteiger partial charge in [-0.15, -0.1) is 0 Å². The van der Waals surface area contributed by atoms with Gasteiger partial charge < -0.3 is 10.5 Å². The largest absolute Gasteiger partial charge is 0.416 e. The third-order valence-corrected chi connectivity index (χ3v) is 3.43. The Morgan fingerprint density at radius 2 is 1.71 bits per heavy atom. The predicted octanol–water partition coefficient (Wildman–Crippen LogP) is 3.25. The lowest BCUT2D eigenvalue weighted by Crippen LogP contribution is -2.47. The average Bonchev–Trinajstić information content (AvgIpc) is 2.13. The molecular formula is C12H22F3NO. The Balaban J connectivity index is 2.53. The van der Waals surface area contributed by atoms with Crippen molar-refractivity contribution in [1.29, 1.82) is 0 Å². The molecular weight excluding hydrogens is 231 g/mol. The van der Waals surface area contributed by atoms with Crippen LogP contribution in [-0.2, 0) is 4.74 Å². The summed E-state index contributed by atoms with van der Waals surface area (Å²) >= 11 is 0. The summed E-state index contributed by atoms with van der Waals surface area (Å²) in [6, 6.07) is -1.02. The van der Waals surface area contributed by atoms with Crippen LogP contribution in [0.15, 0.2) is 0 Å². The van der Waals surface area contributed by atoms with Crippen molar-refractivity contribution in [3.8, 4) is 0 Å². The summed E-state index contributed by atoms with van der Waals surface area (Å²) in [4.78, 5) is 0. The lowest BCUT2D eigenvalue weighted by Gasteiger charge is -2.37. The number of hydrogen-bond acceptors (Lipinski definition) is 2. The zero-order chi connectivity index (χ0) is 13.3. The molecule has 1 fully saturated rings. The Hall–Kier alpha value is -0.290. The summed E-state index contributed by atoms with van der Waals surface area (Å²) in [5.74, 6) is 0. The number of alkyl halides is 3. The van der Waals surface area contributed by atoms with Crippen molar-refractivity contribution >= 4 is 0 Å². The van der Waals surface area contributed by atoms with Crippen LogP contribution in [0.4, 0.5) is 13.2 Å². The summed E-state index contributed by atoms with van der Waals surface area (Å²) < 4.78 is 43.2. The van der Waals surface area contributed by atoms with E-state index in [2.05, 4.69) is 13.8 Å². The van der Waals surface area contributed by atoms with Gasteiger partial charge in [0.15, 0.2) is 6.10 Å². The van der Waals surface area contributed by atoms with Crippen LogP contribution in [0.1, 0.15) is 46.5 Å². The van der Waals surface area contributed by atoms with Crippen molar-refractivity contribution < 1.29 is 17.9 Å². The maximum absolute atomic E-state index is 12.7. The third-order valence-electron chi connectivity index (χ3n) is 3.43. The highest BCUT2D eigenvalue weighted by Crippen LogP contribution is 2.38. The van der Waals surface area contributed by atoms with E-state index < -0.39 is 18.3 Å². The minimum Gasteiger partial charge on any atom is -0.364 e. The van der Waals surface area contributed by atoms with Gasteiger partial charge in [-0.1, -0.05) is 13.8 Å². The minimum absolute atomic E-state index is 0.224. The van der Waals surface area contributed by atoms with Gasteiger partial charge in [0.25, 0.3) is 0 Å². The zero-order valence-corrected chi connectivity index (χ0v) is 10.7. The molecule has 0 spiro atoms. The molecule has 102 valence electrons. The Labute approximate surface area is 101 Å². The van der Waals surface area contributed by atoms with Crippen LogP contribution in [0.3, 0.4) is 0 Å². The maximum atomic E-state index is 12.7. The summed E-state index contributed by atoms with van der Waals surface area (Å²) in [5, 5.41) is 0. The first-order chi connectivity index (χ1) is 7.62. The van der Waals surface area contributed by atoms with E-state index in [0.29, 0.717) is 12.8 Å². The molecule has 2 N–H and O–H groups in total. The summed E-state index contributed by atoms with van der Waals surface area (Å²) in [7, 11) is 0. The number of hydrogen-bond donors (Lipinski definition) is 1. The van der Waals surface area contributed by atoms with Gasteiger partial charge in [-0.25, -0.2) is 0 Å². The molecule has 0 aromatic heterocycles. The van der Waals surface area contributed by atoms with Gasteiger partial charge in [0.05, 0.1) is 6.10 Å². The van der Waals surface area contributed by atoms with Crippen molar-refractivity contribution in [1.82, 2.24) is 0 Å². The molecule has 1 aliphatic carbocycles. The van der Waals surface area contributed by atoms with Crippen molar-refractivity contribution in [2.24, 2.45) is 11.1 Å². The maximum Gasteiger partial charge on any atom is 0.416 e. The number of ether oxygens (including phenoxy) is 1. The Kier molecular flexibility index (Phi) is 4.47. The van der Waals surface area contributed by atoms with Gasteiger partial charge >= 0.3 is 6.18 Å². The van der Waals surface area contributed by atoms with Crippen LogP contribution in [0.25, 0.3) is 0 Å². The number of nitrogens with two attached hydrogens (primary N) is 1. The van der Waals surface area contributed by atoms with E-state index in [-0.39, 0.29) is 11.5 Å². The second-order valence-corrected chi connectivity index (χ2v) is 5.82. The van der Waals surface area contributed by atoms with Gasteiger partial charge in [-0.05, 0) is 38.0 Å². The fraction of sp³-hybridized carbons (Fsp3) is 1.00. The van der Waals surface area contributed by atoms with E-state index >= 15 is 0 Å². The fourth-order valence-electron chi connectivity index (χ4n) is 2.22.